The number of aryl methyl sites for hydroxylation is 1. The molecule has 2 aromatic rings. The minimum absolute atomic E-state index is 0.316. The molecule has 1 heterocycles. The van der Waals surface area contributed by atoms with Crippen LogP contribution >= 0.6 is 0 Å². The van der Waals surface area contributed by atoms with E-state index >= 15 is 0 Å². The van der Waals surface area contributed by atoms with E-state index in [4.69, 9.17) is 14.6 Å². The molecule has 1 atom stereocenters. The van der Waals surface area contributed by atoms with Crippen molar-refractivity contribution in [1.29, 1.82) is 0 Å². The van der Waals surface area contributed by atoms with Crippen molar-refractivity contribution in [3.8, 4) is 16.9 Å². The van der Waals surface area contributed by atoms with Gasteiger partial charge in [0.25, 0.3) is 0 Å². The number of carboxylic acid groups (broad SMARTS) is 1. The number of aliphatic carboxylic acids is 1. The van der Waals surface area contributed by atoms with Gasteiger partial charge >= 0.3 is 12.1 Å². The summed E-state index contributed by atoms with van der Waals surface area (Å²) in [5.74, 6) is -0.856. The van der Waals surface area contributed by atoms with Crippen molar-refractivity contribution in [1.82, 2.24) is 15.1 Å². The van der Waals surface area contributed by atoms with E-state index < -0.39 is 23.8 Å². The number of amides is 1. The van der Waals surface area contributed by atoms with Gasteiger partial charge in [-0.1, -0.05) is 12.1 Å². The smallest absolute Gasteiger partial charge is 0.407 e. The number of ether oxygens (including phenoxy) is 2. The minimum atomic E-state index is -1.56. The fourth-order valence-corrected chi connectivity index (χ4v) is 2.37. The topological polar surface area (TPSA) is 123 Å². The Bertz CT molecular complexity index is 810. The number of carbonyl (C=O) groups excluding carboxylic acids is 1. The molecule has 1 amide bonds. The number of nitrogens with zero attached hydrogens (tertiary/aromatic N) is 2. The Kier molecular flexibility index (Phi) is 7.60. The van der Waals surface area contributed by atoms with Crippen LogP contribution in [0.4, 0.5) is 4.79 Å². The number of benzene rings is 1. The van der Waals surface area contributed by atoms with Crippen molar-refractivity contribution < 1.29 is 29.3 Å². The molecule has 0 aliphatic heterocycles. The van der Waals surface area contributed by atoms with Gasteiger partial charge in [-0.15, -0.1) is 0 Å². The van der Waals surface area contributed by atoms with Gasteiger partial charge in [-0.3, -0.25) is 4.68 Å². The lowest BCUT2D eigenvalue weighted by molar-refractivity contribution is -0.148. The third-order valence-electron chi connectivity index (χ3n) is 3.75. The number of alkyl carbamates (subject to hydrolysis) is 1. The zero-order valence-corrected chi connectivity index (χ0v) is 16.8. The van der Waals surface area contributed by atoms with Gasteiger partial charge in [-0.2, -0.15) is 5.10 Å². The number of rotatable bonds is 9. The first-order valence-electron chi connectivity index (χ1n) is 9.27. The molecular formula is C20H27N3O6. The van der Waals surface area contributed by atoms with E-state index in [1.807, 2.05) is 39.1 Å². The fourth-order valence-electron chi connectivity index (χ4n) is 2.37. The maximum absolute atomic E-state index is 11.6. The van der Waals surface area contributed by atoms with Gasteiger partial charge in [0.2, 0.25) is 0 Å². The Labute approximate surface area is 169 Å². The van der Waals surface area contributed by atoms with Crippen LogP contribution in [-0.4, -0.2) is 56.9 Å². The molecule has 0 unspecified atom stereocenters. The van der Waals surface area contributed by atoms with Crippen molar-refractivity contribution in [3.05, 3.63) is 36.7 Å². The van der Waals surface area contributed by atoms with E-state index in [1.165, 1.54) is 0 Å². The Morgan fingerprint density at radius 1 is 1.21 bits per heavy atom. The monoisotopic (exact) mass is 405 g/mol. The van der Waals surface area contributed by atoms with Crippen molar-refractivity contribution >= 4 is 12.1 Å². The highest BCUT2D eigenvalue weighted by Gasteiger charge is 2.15. The first-order valence-corrected chi connectivity index (χ1v) is 9.27. The third-order valence-corrected chi connectivity index (χ3v) is 3.75. The highest BCUT2D eigenvalue weighted by molar-refractivity contribution is 5.72. The standard InChI is InChI=1S/C20H27N3O6/c1-20(2,3)29-19(27)21-9-4-10-23-12-15(11-22-23)14-5-7-16(8-6-14)28-13-17(24)18(25)26/h5-8,11-12,17,24H,4,9-10,13H2,1-3H3,(H,21,27)(H,25,26)/t17-/m1/s1. The van der Waals surface area contributed by atoms with Crippen LogP contribution in [0, 0.1) is 0 Å². The number of aliphatic hydroxyl groups is 1. The summed E-state index contributed by atoms with van der Waals surface area (Å²) in [5.41, 5.74) is 1.33. The lowest BCUT2D eigenvalue weighted by Crippen LogP contribution is -2.33. The van der Waals surface area contributed by atoms with Crippen molar-refractivity contribution in [2.45, 2.75) is 45.4 Å². The summed E-state index contributed by atoms with van der Waals surface area (Å²) in [6.45, 7) is 6.26. The summed E-state index contributed by atoms with van der Waals surface area (Å²) in [5, 5.41) is 24.9. The number of hydrogen-bond acceptors (Lipinski definition) is 6. The van der Waals surface area contributed by atoms with Crippen LogP contribution in [0.2, 0.25) is 0 Å². The molecule has 0 fully saturated rings. The zero-order chi connectivity index (χ0) is 21.4. The second kappa shape index (κ2) is 9.92. The molecule has 9 heteroatoms. The average molecular weight is 405 g/mol. The Hall–Kier alpha value is -3.07. The number of aliphatic hydroxyl groups excluding tert-OH is 1. The van der Waals surface area contributed by atoms with Crippen molar-refractivity contribution in [2.24, 2.45) is 0 Å². The van der Waals surface area contributed by atoms with Crippen LogP contribution in [0.15, 0.2) is 36.7 Å². The van der Waals surface area contributed by atoms with E-state index in [0.717, 1.165) is 11.1 Å². The Morgan fingerprint density at radius 3 is 2.52 bits per heavy atom. The molecule has 3 N–H and O–H groups in total. The molecule has 29 heavy (non-hydrogen) atoms. The van der Waals surface area contributed by atoms with E-state index in [9.17, 15) is 14.7 Å². The normalized spacial score (nSPS) is 12.3. The molecule has 158 valence electrons. The van der Waals surface area contributed by atoms with Crippen LogP contribution in [-0.2, 0) is 16.1 Å². The van der Waals surface area contributed by atoms with Gasteiger partial charge in [0, 0.05) is 24.8 Å². The van der Waals surface area contributed by atoms with E-state index in [1.54, 1.807) is 23.0 Å². The molecule has 0 bridgehead atoms. The molecule has 1 aromatic carbocycles. The van der Waals surface area contributed by atoms with Crippen LogP contribution in [0.1, 0.15) is 27.2 Å². The van der Waals surface area contributed by atoms with E-state index in [2.05, 4.69) is 10.4 Å². The van der Waals surface area contributed by atoms with Crippen molar-refractivity contribution in [3.63, 3.8) is 0 Å². The molecule has 1 aromatic heterocycles. The number of carbonyl (C=O) groups is 2. The minimum Gasteiger partial charge on any atom is -0.490 e. The zero-order valence-electron chi connectivity index (χ0n) is 16.8. The molecule has 0 aliphatic rings. The summed E-state index contributed by atoms with van der Waals surface area (Å²) < 4.78 is 12.2. The van der Waals surface area contributed by atoms with Gasteiger partial charge < -0.3 is 25.0 Å². The SMILES string of the molecule is CC(C)(C)OC(=O)NCCCn1cc(-c2ccc(OC[C@@H](O)C(=O)O)cc2)cn1. The fraction of sp³-hybridized carbons (Fsp3) is 0.450. The molecule has 0 saturated carbocycles. The average Bonchev–Trinajstić information content (AvgIpc) is 3.11. The second-order valence-corrected chi connectivity index (χ2v) is 7.46. The molecule has 9 nitrogen and oxygen atoms in total. The molecule has 0 radical (unpaired) electrons. The Balaban J connectivity index is 1.79. The van der Waals surface area contributed by atoms with Gasteiger partial charge in [0.15, 0.2) is 6.10 Å². The first-order chi connectivity index (χ1) is 13.6. The maximum atomic E-state index is 11.6. The first kappa shape index (κ1) is 22.2. The van der Waals surface area contributed by atoms with Crippen LogP contribution in [0.5, 0.6) is 5.75 Å². The lowest BCUT2D eigenvalue weighted by atomic mass is 10.1. The van der Waals surface area contributed by atoms with E-state index in [-0.39, 0.29) is 6.61 Å². The van der Waals surface area contributed by atoms with Crippen LogP contribution in [0.3, 0.4) is 0 Å². The predicted octanol–water partition coefficient (Wildman–Crippen LogP) is 2.29. The number of aromatic nitrogens is 2. The van der Waals surface area contributed by atoms with Gasteiger partial charge in [-0.05, 0) is 44.9 Å². The summed E-state index contributed by atoms with van der Waals surface area (Å²) >= 11 is 0. The largest absolute Gasteiger partial charge is 0.490 e. The van der Waals surface area contributed by atoms with Gasteiger partial charge in [-0.25, -0.2) is 9.59 Å². The summed E-state index contributed by atoms with van der Waals surface area (Å²) in [6, 6.07) is 7.06. The summed E-state index contributed by atoms with van der Waals surface area (Å²) in [6.07, 6.45) is 2.36. The summed E-state index contributed by atoms with van der Waals surface area (Å²) in [4.78, 5) is 22.2. The predicted molar refractivity (Wildman–Crippen MR) is 106 cm³/mol. The highest BCUT2D eigenvalue weighted by Crippen LogP contribution is 2.22. The lowest BCUT2D eigenvalue weighted by Gasteiger charge is -2.19. The van der Waals surface area contributed by atoms with Gasteiger partial charge in [0.1, 0.15) is 18.0 Å². The molecule has 0 saturated heterocycles. The molecule has 0 aliphatic carbocycles. The molecule has 0 spiro atoms. The van der Waals surface area contributed by atoms with Gasteiger partial charge in [0.05, 0.1) is 6.20 Å². The molecular weight excluding hydrogens is 378 g/mol. The quantitative estimate of drug-likeness (QED) is 0.547. The summed E-state index contributed by atoms with van der Waals surface area (Å²) in [7, 11) is 0. The third kappa shape index (κ3) is 7.82. The number of hydrogen-bond donors (Lipinski definition) is 3. The van der Waals surface area contributed by atoms with Crippen LogP contribution < -0.4 is 10.1 Å². The highest BCUT2D eigenvalue weighted by atomic mass is 16.6. The Morgan fingerprint density at radius 2 is 1.90 bits per heavy atom. The number of nitrogens with one attached hydrogen (secondary N) is 1. The second-order valence-electron chi connectivity index (χ2n) is 7.46. The van der Waals surface area contributed by atoms with Crippen LogP contribution in [0.25, 0.3) is 11.1 Å². The molecule has 2 rings (SSSR count). The number of carboxylic acids is 1. The van der Waals surface area contributed by atoms with E-state index in [0.29, 0.717) is 25.3 Å². The van der Waals surface area contributed by atoms with Crippen molar-refractivity contribution in [2.75, 3.05) is 13.2 Å². The maximum Gasteiger partial charge on any atom is 0.407 e.